The van der Waals surface area contributed by atoms with Crippen LogP contribution >= 0.6 is 0 Å². The van der Waals surface area contributed by atoms with Gasteiger partial charge in [0.1, 0.15) is 6.26 Å². The Labute approximate surface area is 61.2 Å². The highest BCUT2D eigenvalue weighted by molar-refractivity contribution is 5.73. The number of nitrogens with zero attached hydrogens (tertiary/aromatic N) is 2. The lowest BCUT2D eigenvalue weighted by Crippen LogP contribution is -2.42. The van der Waals surface area contributed by atoms with Crippen LogP contribution in [0.25, 0.3) is 0 Å². The van der Waals surface area contributed by atoms with Gasteiger partial charge in [0.05, 0.1) is 11.1 Å². The molecule has 7 nitrogen and oxygen atoms in total. The SMILES string of the molecule is NC(=O)N1C=COC1[N+](=O)[O-]. The van der Waals surface area contributed by atoms with Crippen LogP contribution in [0.3, 0.4) is 0 Å². The van der Waals surface area contributed by atoms with Gasteiger partial charge in [-0.15, -0.1) is 0 Å². The topological polar surface area (TPSA) is 98.7 Å². The molecule has 0 saturated heterocycles. The molecule has 0 saturated carbocycles. The molecule has 7 heteroatoms. The maximum Gasteiger partial charge on any atom is 0.447 e. The minimum atomic E-state index is -1.51. The van der Waals surface area contributed by atoms with Gasteiger partial charge in [0.15, 0.2) is 0 Å². The molecule has 1 heterocycles. The zero-order valence-corrected chi connectivity index (χ0v) is 5.34. The van der Waals surface area contributed by atoms with E-state index < -0.39 is 17.3 Å². The summed E-state index contributed by atoms with van der Waals surface area (Å²) in [4.78, 5) is 20.5. The summed E-state index contributed by atoms with van der Waals surface area (Å²) < 4.78 is 4.43. The molecule has 2 amide bonds. The van der Waals surface area contributed by atoms with Gasteiger partial charge >= 0.3 is 12.4 Å². The van der Waals surface area contributed by atoms with Crippen molar-refractivity contribution in [3.8, 4) is 0 Å². The quantitative estimate of drug-likeness (QED) is 0.409. The Morgan fingerprint density at radius 3 is 2.82 bits per heavy atom. The molecule has 0 bridgehead atoms. The largest absolute Gasteiger partial charge is 0.447 e. The molecule has 1 atom stereocenters. The van der Waals surface area contributed by atoms with E-state index in [2.05, 4.69) is 4.74 Å². The predicted molar refractivity (Wildman–Crippen MR) is 32.4 cm³/mol. The van der Waals surface area contributed by atoms with Crippen LogP contribution in [-0.2, 0) is 4.74 Å². The fourth-order valence-corrected chi connectivity index (χ4v) is 0.644. The van der Waals surface area contributed by atoms with E-state index in [0.717, 1.165) is 12.5 Å². The number of ether oxygens (including phenoxy) is 1. The molecule has 2 N–H and O–H groups in total. The van der Waals surface area contributed by atoms with Crippen LogP contribution in [0.2, 0.25) is 0 Å². The van der Waals surface area contributed by atoms with E-state index in [1.165, 1.54) is 0 Å². The van der Waals surface area contributed by atoms with Crippen molar-refractivity contribution in [1.82, 2.24) is 4.90 Å². The van der Waals surface area contributed by atoms with Gasteiger partial charge in [0.25, 0.3) is 0 Å². The third-order valence-electron chi connectivity index (χ3n) is 1.09. The number of nitro groups is 1. The Hall–Kier alpha value is -1.79. The van der Waals surface area contributed by atoms with Crippen LogP contribution in [0.15, 0.2) is 12.5 Å². The van der Waals surface area contributed by atoms with Crippen molar-refractivity contribution in [3.05, 3.63) is 22.6 Å². The Balaban J connectivity index is 2.71. The average molecular weight is 159 g/mol. The maximum atomic E-state index is 10.4. The van der Waals surface area contributed by atoms with E-state index in [4.69, 9.17) is 5.73 Å². The summed E-state index contributed by atoms with van der Waals surface area (Å²) in [6.07, 6.45) is 0.640. The van der Waals surface area contributed by atoms with Crippen molar-refractivity contribution in [3.63, 3.8) is 0 Å². The summed E-state index contributed by atoms with van der Waals surface area (Å²) in [5.41, 5.74) is 4.78. The van der Waals surface area contributed by atoms with Crippen LogP contribution in [0.1, 0.15) is 0 Å². The van der Waals surface area contributed by atoms with Gasteiger partial charge in [-0.25, -0.2) is 4.79 Å². The fraction of sp³-hybridized carbons (Fsp3) is 0.250. The van der Waals surface area contributed by atoms with Crippen molar-refractivity contribution in [2.45, 2.75) is 6.35 Å². The molecule has 1 unspecified atom stereocenters. The number of carbonyl (C=O) groups is 1. The average Bonchev–Trinajstić information content (AvgIpc) is 2.32. The van der Waals surface area contributed by atoms with Gasteiger partial charge < -0.3 is 10.5 Å². The molecule has 0 aliphatic carbocycles. The molecule has 0 spiro atoms. The van der Waals surface area contributed by atoms with Gasteiger partial charge in [-0.1, -0.05) is 0 Å². The number of nitrogens with two attached hydrogens (primary N) is 1. The summed E-state index contributed by atoms with van der Waals surface area (Å²) >= 11 is 0. The van der Waals surface area contributed by atoms with E-state index in [9.17, 15) is 14.9 Å². The van der Waals surface area contributed by atoms with Gasteiger partial charge in [-0.2, -0.15) is 4.90 Å². The molecule has 0 radical (unpaired) electrons. The molecule has 1 aliphatic heterocycles. The molecule has 0 aromatic rings. The van der Waals surface area contributed by atoms with Gasteiger partial charge in [0.2, 0.25) is 0 Å². The highest BCUT2D eigenvalue weighted by Crippen LogP contribution is 2.10. The lowest BCUT2D eigenvalue weighted by molar-refractivity contribution is -0.586. The number of primary amides is 1. The zero-order valence-electron chi connectivity index (χ0n) is 5.34. The molecule has 1 rings (SSSR count). The van der Waals surface area contributed by atoms with E-state index in [1.54, 1.807) is 0 Å². The van der Waals surface area contributed by atoms with E-state index >= 15 is 0 Å². The van der Waals surface area contributed by atoms with Crippen LogP contribution in [-0.4, -0.2) is 22.2 Å². The van der Waals surface area contributed by atoms with Crippen molar-refractivity contribution >= 4 is 6.03 Å². The third kappa shape index (κ3) is 1.20. The maximum absolute atomic E-state index is 10.4. The summed E-state index contributed by atoms with van der Waals surface area (Å²) in [7, 11) is 0. The minimum Gasteiger partial charge on any atom is -0.419 e. The standard InChI is InChI=1S/C4H5N3O4/c5-3(8)6-1-2-11-4(6)7(9)10/h1-2,4H,(H2,5,8). The first kappa shape index (κ1) is 7.32. The molecule has 11 heavy (non-hydrogen) atoms. The van der Waals surface area contributed by atoms with Gasteiger partial charge in [-0.3, -0.25) is 10.1 Å². The molecule has 0 aromatic carbocycles. The Morgan fingerprint density at radius 2 is 2.45 bits per heavy atom. The third-order valence-corrected chi connectivity index (χ3v) is 1.09. The zero-order chi connectivity index (χ0) is 8.43. The lowest BCUT2D eigenvalue weighted by atomic mass is 10.7. The number of rotatable bonds is 1. The fourth-order valence-electron chi connectivity index (χ4n) is 0.644. The first-order valence-electron chi connectivity index (χ1n) is 2.66. The number of amides is 2. The van der Waals surface area contributed by atoms with E-state index in [1.807, 2.05) is 0 Å². The Morgan fingerprint density at radius 1 is 1.82 bits per heavy atom. The highest BCUT2D eigenvalue weighted by Gasteiger charge is 2.34. The lowest BCUT2D eigenvalue weighted by Gasteiger charge is -2.11. The molecule has 1 aliphatic rings. The smallest absolute Gasteiger partial charge is 0.419 e. The van der Waals surface area contributed by atoms with Gasteiger partial charge in [-0.05, 0) is 0 Å². The summed E-state index contributed by atoms with van der Waals surface area (Å²) in [6.45, 7) is 0. The number of carbonyl (C=O) groups excluding carboxylic acids is 1. The highest BCUT2D eigenvalue weighted by atomic mass is 16.7. The van der Waals surface area contributed by atoms with Crippen LogP contribution in [0, 0.1) is 10.1 Å². The second kappa shape index (κ2) is 2.45. The first-order valence-corrected chi connectivity index (χ1v) is 2.66. The van der Waals surface area contributed by atoms with E-state index in [-0.39, 0.29) is 0 Å². The normalized spacial score (nSPS) is 21.5. The summed E-state index contributed by atoms with van der Waals surface area (Å²) in [5, 5.41) is 10.1. The molecule has 0 fully saturated rings. The number of hydrogen-bond donors (Lipinski definition) is 1. The molecule has 60 valence electrons. The summed E-state index contributed by atoms with van der Waals surface area (Å²) in [5.74, 6) is 0. The van der Waals surface area contributed by atoms with Crippen molar-refractivity contribution in [2.75, 3.05) is 0 Å². The van der Waals surface area contributed by atoms with Crippen molar-refractivity contribution < 1.29 is 14.5 Å². The predicted octanol–water partition coefficient (Wildman–Crippen LogP) is -0.571. The van der Waals surface area contributed by atoms with Crippen LogP contribution in [0.4, 0.5) is 4.79 Å². The monoisotopic (exact) mass is 159 g/mol. The molecular formula is C4H5N3O4. The summed E-state index contributed by atoms with van der Waals surface area (Å²) in [6, 6.07) is -0.916. The Bertz CT molecular complexity index is 225. The van der Waals surface area contributed by atoms with Gasteiger partial charge in [0, 0.05) is 0 Å². The minimum absolute atomic E-state index is 0.681. The second-order valence-electron chi connectivity index (χ2n) is 1.78. The number of urea groups is 1. The Kier molecular flexibility index (Phi) is 1.63. The molecule has 0 aromatic heterocycles. The number of hydrogen-bond acceptors (Lipinski definition) is 4. The van der Waals surface area contributed by atoms with Crippen molar-refractivity contribution in [1.29, 1.82) is 0 Å². The van der Waals surface area contributed by atoms with Crippen molar-refractivity contribution in [2.24, 2.45) is 5.73 Å². The second-order valence-corrected chi connectivity index (χ2v) is 1.78. The van der Waals surface area contributed by atoms with Crippen LogP contribution < -0.4 is 5.73 Å². The first-order chi connectivity index (χ1) is 5.13. The van der Waals surface area contributed by atoms with E-state index in [0.29, 0.717) is 4.90 Å². The van der Waals surface area contributed by atoms with Crippen LogP contribution in [0.5, 0.6) is 0 Å². The molecular weight excluding hydrogens is 154 g/mol.